The quantitative estimate of drug-likeness (QED) is 0.278. The number of benzene rings is 1. The first-order valence-electron chi connectivity index (χ1n) is 11.7. The number of ether oxygens (including phenoxy) is 1. The number of halogens is 6. The molecule has 0 spiro atoms. The Morgan fingerprint density at radius 3 is 2.38 bits per heavy atom. The van der Waals surface area contributed by atoms with E-state index in [9.17, 15) is 31.1 Å². The number of nitrogens with one attached hydrogen (secondary N) is 2. The van der Waals surface area contributed by atoms with Gasteiger partial charge < -0.3 is 15.0 Å². The van der Waals surface area contributed by atoms with Gasteiger partial charge in [-0.2, -0.15) is 31.6 Å². The Labute approximate surface area is 223 Å². The Morgan fingerprint density at radius 1 is 1.08 bits per heavy atom. The van der Waals surface area contributed by atoms with Crippen LogP contribution in [0.5, 0.6) is 5.75 Å². The zero-order valence-electron chi connectivity index (χ0n) is 20.8. The second-order valence-corrected chi connectivity index (χ2v) is 10.4. The summed E-state index contributed by atoms with van der Waals surface area (Å²) in [6.45, 7) is 0.297. The number of carbonyl (C=O) groups is 1. The van der Waals surface area contributed by atoms with E-state index in [1.54, 1.807) is 12.1 Å². The summed E-state index contributed by atoms with van der Waals surface area (Å²) in [4.78, 5) is 16.6. The Morgan fingerprint density at radius 2 is 1.79 bits per heavy atom. The molecule has 1 atom stereocenters. The SMILES string of the molecule is CN(C)Cc1ccc(C2=C(c3nn[nH]n3)C(=O)NC(c3ccc(OCCCC(F)(F)F)cc3)(C(F)(F)F)C2)s1. The summed E-state index contributed by atoms with van der Waals surface area (Å²) in [6, 6.07) is 8.22. The Kier molecular flexibility index (Phi) is 8.02. The number of aromatic nitrogens is 4. The zero-order chi connectivity index (χ0) is 28.4. The van der Waals surface area contributed by atoms with E-state index < -0.39 is 36.6 Å². The van der Waals surface area contributed by atoms with Gasteiger partial charge in [0.25, 0.3) is 5.91 Å². The van der Waals surface area contributed by atoms with Gasteiger partial charge >= 0.3 is 12.4 Å². The molecule has 1 aliphatic rings. The zero-order valence-corrected chi connectivity index (χ0v) is 21.6. The summed E-state index contributed by atoms with van der Waals surface area (Å²) < 4.78 is 86.8. The maximum atomic E-state index is 14.8. The molecule has 210 valence electrons. The van der Waals surface area contributed by atoms with Gasteiger partial charge in [0.1, 0.15) is 5.75 Å². The largest absolute Gasteiger partial charge is 0.494 e. The van der Waals surface area contributed by atoms with E-state index in [2.05, 4.69) is 25.9 Å². The highest BCUT2D eigenvalue weighted by molar-refractivity contribution is 7.13. The average Bonchev–Trinajstić information content (AvgIpc) is 3.52. The topological polar surface area (TPSA) is 96.0 Å². The number of aromatic amines is 1. The third-order valence-corrected chi connectivity index (χ3v) is 7.13. The standard InChI is InChI=1S/C24H24F6N6O2S/c1-36(2)13-16-8-9-18(39-16)17-12-22(24(28,29)30,31-21(37)19(17)20-32-34-35-33-20)14-4-6-15(7-5-14)38-11-3-10-23(25,26)27/h4-9H,3,10-13H2,1-2H3,(H,31,37)(H,32,33,34,35). The number of nitrogens with zero attached hydrogens (tertiary/aromatic N) is 4. The van der Waals surface area contributed by atoms with Gasteiger partial charge in [-0.05, 0) is 61.1 Å². The third-order valence-electron chi connectivity index (χ3n) is 6.00. The fourth-order valence-corrected chi connectivity index (χ4v) is 5.42. The van der Waals surface area contributed by atoms with Gasteiger partial charge in [0, 0.05) is 29.1 Å². The summed E-state index contributed by atoms with van der Waals surface area (Å²) in [5.74, 6) is -1.05. The number of tetrazole rings is 1. The normalized spacial score (nSPS) is 18.5. The number of carbonyl (C=O) groups excluding carboxylic acids is 1. The van der Waals surface area contributed by atoms with E-state index in [1.165, 1.54) is 23.5 Å². The van der Waals surface area contributed by atoms with Crippen LogP contribution < -0.4 is 10.1 Å². The van der Waals surface area contributed by atoms with Crippen LogP contribution in [0.2, 0.25) is 0 Å². The van der Waals surface area contributed by atoms with E-state index in [4.69, 9.17) is 4.74 Å². The smallest absolute Gasteiger partial charge is 0.416 e. The van der Waals surface area contributed by atoms with Gasteiger partial charge in [0.05, 0.1) is 12.2 Å². The lowest BCUT2D eigenvalue weighted by molar-refractivity contribution is -0.201. The maximum absolute atomic E-state index is 14.8. The van der Waals surface area contributed by atoms with Crippen LogP contribution in [0.25, 0.3) is 11.1 Å². The molecule has 1 amide bonds. The van der Waals surface area contributed by atoms with Crippen LogP contribution in [-0.4, -0.2) is 64.5 Å². The molecular weight excluding hydrogens is 550 g/mol. The summed E-state index contributed by atoms with van der Waals surface area (Å²) in [6.07, 6.45) is -11.2. The minimum absolute atomic E-state index is 0.107. The molecule has 8 nitrogen and oxygen atoms in total. The molecule has 0 fully saturated rings. The van der Waals surface area contributed by atoms with Crippen molar-refractivity contribution in [3.63, 3.8) is 0 Å². The lowest BCUT2D eigenvalue weighted by Gasteiger charge is -2.41. The van der Waals surface area contributed by atoms with Crippen LogP contribution in [0.15, 0.2) is 36.4 Å². The van der Waals surface area contributed by atoms with Crippen molar-refractivity contribution in [2.24, 2.45) is 0 Å². The third kappa shape index (κ3) is 6.41. The molecule has 3 aromatic rings. The van der Waals surface area contributed by atoms with Gasteiger partial charge in [0.15, 0.2) is 5.54 Å². The summed E-state index contributed by atoms with van der Waals surface area (Å²) in [5.41, 5.74) is -3.07. The van der Waals surface area contributed by atoms with E-state index in [1.807, 2.05) is 19.0 Å². The summed E-state index contributed by atoms with van der Waals surface area (Å²) in [5, 5.41) is 15.5. The van der Waals surface area contributed by atoms with E-state index in [-0.39, 0.29) is 41.3 Å². The number of hydrogen-bond acceptors (Lipinski definition) is 7. The number of thiophene rings is 1. The van der Waals surface area contributed by atoms with Crippen molar-refractivity contribution in [3.05, 3.63) is 57.5 Å². The van der Waals surface area contributed by atoms with Crippen LogP contribution >= 0.6 is 11.3 Å². The van der Waals surface area contributed by atoms with Gasteiger partial charge in [-0.25, -0.2) is 0 Å². The number of rotatable bonds is 9. The molecule has 4 rings (SSSR count). The highest BCUT2D eigenvalue weighted by atomic mass is 32.1. The molecule has 0 aliphatic carbocycles. The average molecular weight is 575 g/mol. The molecule has 0 saturated heterocycles. The molecule has 2 aromatic heterocycles. The highest BCUT2D eigenvalue weighted by Gasteiger charge is 2.60. The molecule has 39 heavy (non-hydrogen) atoms. The predicted octanol–water partition coefficient (Wildman–Crippen LogP) is 4.93. The van der Waals surface area contributed by atoms with Crippen LogP contribution in [0.4, 0.5) is 26.3 Å². The lowest BCUT2D eigenvalue weighted by atomic mass is 9.78. The molecule has 15 heteroatoms. The number of alkyl halides is 6. The number of H-pyrrole nitrogens is 1. The summed E-state index contributed by atoms with van der Waals surface area (Å²) in [7, 11) is 3.71. The molecule has 1 unspecified atom stereocenters. The van der Waals surface area contributed by atoms with E-state index in [0.717, 1.165) is 17.0 Å². The maximum Gasteiger partial charge on any atom is 0.416 e. The number of hydrogen-bond donors (Lipinski definition) is 2. The number of amides is 1. The molecule has 0 saturated carbocycles. The van der Waals surface area contributed by atoms with Gasteiger partial charge in [-0.1, -0.05) is 12.1 Å². The molecule has 2 N–H and O–H groups in total. The molecular formula is C24H24F6N6O2S. The molecule has 1 aliphatic heterocycles. The molecule has 0 radical (unpaired) electrons. The van der Waals surface area contributed by atoms with Crippen LogP contribution in [-0.2, 0) is 16.9 Å². The monoisotopic (exact) mass is 574 g/mol. The fraction of sp³-hybridized carbons (Fsp3) is 0.417. The van der Waals surface area contributed by atoms with Crippen molar-refractivity contribution < 1.29 is 35.9 Å². The van der Waals surface area contributed by atoms with Crippen molar-refractivity contribution in [1.29, 1.82) is 0 Å². The molecule has 1 aromatic carbocycles. The van der Waals surface area contributed by atoms with E-state index >= 15 is 0 Å². The fourth-order valence-electron chi connectivity index (χ4n) is 4.25. The summed E-state index contributed by atoms with van der Waals surface area (Å²) >= 11 is 1.26. The highest BCUT2D eigenvalue weighted by Crippen LogP contribution is 2.50. The second kappa shape index (κ2) is 11.0. The Hall–Kier alpha value is -3.46. The predicted molar refractivity (Wildman–Crippen MR) is 130 cm³/mol. The molecule has 0 bridgehead atoms. The van der Waals surface area contributed by atoms with Crippen molar-refractivity contribution >= 4 is 28.4 Å². The first kappa shape index (κ1) is 28.5. The minimum Gasteiger partial charge on any atom is -0.494 e. The van der Waals surface area contributed by atoms with Gasteiger partial charge in [0.2, 0.25) is 5.82 Å². The first-order valence-corrected chi connectivity index (χ1v) is 12.5. The Balaban J connectivity index is 1.70. The first-order chi connectivity index (χ1) is 18.3. The van der Waals surface area contributed by atoms with Crippen molar-refractivity contribution in [2.75, 3.05) is 20.7 Å². The lowest BCUT2D eigenvalue weighted by Crippen LogP contribution is -2.58. The Bertz CT molecular complexity index is 1320. The van der Waals surface area contributed by atoms with E-state index in [0.29, 0.717) is 11.4 Å². The van der Waals surface area contributed by atoms with Gasteiger partial charge in [-0.15, -0.1) is 21.5 Å². The van der Waals surface area contributed by atoms with Crippen LogP contribution in [0.1, 0.15) is 40.4 Å². The van der Waals surface area contributed by atoms with Crippen LogP contribution in [0, 0.1) is 0 Å². The van der Waals surface area contributed by atoms with Crippen molar-refractivity contribution in [3.8, 4) is 5.75 Å². The van der Waals surface area contributed by atoms with Crippen LogP contribution in [0.3, 0.4) is 0 Å². The van der Waals surface area contributed by atoms with Crippen molar-refractivity contribution in [2.45, 2.75) is 43.7 Å². The van der Waals surface area contributed by atoms with Gasteiger partial charge in [-0.3, -0.25) is 4.79 Å². The second-order valence-electron chi connectivity index (χ2n) is 9.22. The molecule has 3 heterocycles. The van der Waals surface area contributed by atoms with Crippen molar-refractivity contribution in [1.82, 2.24) is 30.8 Å². The minimum atomic E-state index is -4.92.